The number of anilines is 4. The molecule has 7 nitrogen and oxygen atoms in total. The molecule has 0 spiro atoms. The molecular formula is C26H41FN6O. The van der Waals surface area contributed by atoms with Crippen LogP contribution in [0.4, 0.5) is 27.5 Å². The number of hydrogen-bond donors (Lipinski definition) is 3. The standard InChI is InChI=1S/C26H41FN6O/c1-16(2)33(9)21-12-18(10-11-22(21)34-17(3)4)30-24-28-15-20(27)23(31-24)29-19-13-25(5,6)32-26(7,8)14-19/h10-12,15-17,19,32H,13-14H2,1-9H3,(H2,28,29,30,31). The van der Waals surface area contributed by atoms with E-state index in [1.807, 2.05) is 39.1 Å². The second-order valence-electron chi connectivity index (χ2n) is 11.2. The van der Waals surface area contributed by atoms with Gasteiger partial charge in [0.1, 0.15) is 5.75 Å². The minimum absolute atomic E-state index is 0.0529. The number of ether oxygens (including phenoxy) is 1. The molecule has 2 aromatic rings. The predicted molar refractivity (Wildman–Crippen MR) is 139 cm³/mol. The second kappa shape index (κ2) is 9.94. The van der Waals surface area contributed by atoms with E-state index in [0.29, 0.717) is 12.0 Å². The van der Waals surface area contributed by atoms with Crippen LogP contribution in [-0.4, -0.2) is 46.3 Å². The van der Waals surface area contributed by atoms with Gasteiger partial charge in [0, 0.05) is 35.9 Å². The summed E-state index contributed by atoms with van der Waals surface area (Å²) in [4.78, 5) is 10.8. The Kier molecular flexibility index (Phi) is 7.60. The van der Waals surface area contributed by atoms with Gasteiger partial charge in [-0.1, -0.05) is 0 Å². The Balaban J connectivity index is 1.83. The smallest absolute Gasteiger partial charge is 0.229 e. The molecule has 188 valence electrons. The zero-order valence-corrected chi connectivity index (χ0v) is 22.1. The fraction of sp³-hybridized carbons (Fsp3) is 0.615. The van der Waals surface area contributed by atoms with Crippen molar-refractivity contribution in [2.45, 2.75) is 97.5 Å². The summed E-state index contributed by atoms with van der Waals surface area (Å²) >= 11 is 0. The summed E-state index contributed by atoms with van der Waals surface area (Å²) in [6.07, 6.45) is 3.01. The molecule has 0 saturated carbocycles. The third-order valence-electron chi connectivity index (χ3n) is 6.01. The lowest BCUT2D eigenvalue weighted by molar-refractivity contribution is 0.170. The van der Waals surface area contributed by atoms with Gasteiger partial charge in [-0.3, -0.25) is 0 Å². The molecular weight excluding hydrogens is 431 g/mol. The van der Waals surface area contributed by atoms with Crippen LogP contribution < -0.4 is 25.6 Å². The maximum Gasteiger partial charge on any atom is 0.229 e. The summed E-state index contributed by atoms with van der Waals surface area (Å²) in [5.74, 6) is 0.915. The Morgan fingerprint density at radius 3 is 2.35 bits per heavy atom. The number of halogens is 1. The normalized spacial score (nSPS) is 17.6. The van der Waals surface area contributed by atoms with Crippen molar-refractivity contribution in [3.05, 3.63) is 30.2 Å². The number of piperidine rings is 1. The molecule has 0 bridgehead atoms. The summed E-state index contributed by atoms with van der Waals surface area (Å²) in [7, 11) is 2.04. The quantitative estimate of drug-likeness (QED) is 0.454. The highest BCUT2D eigenvalue weighted by molar-refractivity contribution is 5.69. The third kappa shape index (κ3) is 6.72. The van der Waals surface area contributed by atoms with Crippen molar-refractivity contribution < 1.29 is 9.13 Å². The van der Waals surface area contributed by atoms with Crippen molar-refractivity contribution in [1.82, 2.24) is 15.3 Å². The summed E-state index contributed by atoms with van der Waals surface area (Å²) in [5.41, 5.74) is 1.67. The first-order valence-electron chi connectivity index (χ1n) is 12.1. The van der Waals surface area contributed by atoms with Crippen LogP contribution >= 0.6 is 0 Å². The van der Waals surface area contributed by atoms with Gasteiger partial charge in [-0.25, -0.2) is 9.37 Å². The number of benzene rings is 1. The molecule has 1 aromatic heterocycles. The highest BCUT2D eigenvalue weighted by atomic mass is 19.1. The Morgan fingerprint density at radius 2 is 1.76 bits per heavy atom. The molecule has 1 aliphatic heterocycles. The lowest BCUT2D eigenvalue weighted by Crippen LogP contribution is -2.60. The van der Waals surface area contributed by atoms with Crippen molar-refractivity contribution >= 4 is 23.1 Å². The van der Waals surface area contributed by atoms with Crippen LogP contribution in [0.5, 0.6) is 5.75 Å². The maximum absolute atomic E-state index is 14.6. The number of rotatable bonds is 8. The molecule has 1 saturated heterocycles. The van der Waals surface area contributed by atoms with Gasteiger partial charge >= 0.3 is 0 Å². The average Bonchev–Trinajstić information content (AvgIpc) is 2.68. The molecule has 0 unspecified atom stereocenters. The summed E-state index contributed by atoms with van der Waals surface area (Å²) in [5, 5.41) is 10.2. The van der Waals surface area contributed by atoms with E-state index in [2.05, 4.69) is 72.4 Å². The lowest BCUT2D eigenvalue weighted by Gasteiger charge is -2.46. The molecule has 0 atom stereocenters. The highest BCUT2D eigenvalue weighted by Gasteiger charge is 2.38. The Morgan fingerprint density at radius 1 is 1.12 bits per heavy atom. The second-order valence-corrected chi connectivity index (χ2v) is 11.2. The molecule has 1 aromatic carbocycles. The van der Waals surface area contributed by atoms with Crippen molar-refractivity contribution in [2.24, 2.45) is 0 Å². The van der Waals surface area contributed by atoms with Gasteiger partial charge < -0.3 is 25.6 Å². The zero-order valence-electron chi connectivity index (χ0n) is 22.1. The van der Waals surface area contributed by atoms with E-state index in [1.165, 1.54) is 6.20 Å². The zero-order chi connectivity index (χ0) is 25.3. The van der Waals surface area contributed by atoms with Crippen LogP contribution in [0.2, 0.25) is 0 Å². The van der Waals surface area contributed by atoms with Crippen LogP contribution in [0.15, 0.2) is 24.4 Å². The fourth-order valence-electron chi connectivity index (χ4n) is 4.78. The van der Waals surface area contributed by atoms with Gasteiger partial charge in [-0.15, -0.1) is 0 Å². The van der Waals surface area contributed by atoms with E-state index in [9.17, 15) is 4.39 Å². The summed E-state index contributed by atoms with van der Waals surface area (Å²) in [6, 6.07) is 6.27. The van der Waals surface area contributed by atoms with Gasteiger partial charge in [0.25, 0.3) is 0 Å². The number of nitrogens with zero attached hydrogens (tertiary/aromatic N) is 3. The molecule has 0 amide bonds. The molecule has 1 fully saturated rings. The van der Waals surface area contributed by atoms with Crippen molar-refractivity contribution in [1.29, 1.82) is 0 Å². The minimum Gasteiger partial charge on any atom is -0.489 e. The minimum atomic E-state index is -0.458. The van der Waals surface area contributed by atoms with E-state index >= 15 is 0 Å². The van der Waals surface area contributed by atoms with Crippen LogP contribution in [0, 0.1) is 5.82 Å². The van der Waals surface area contributed by atoms with Gasteiger partial charge in [-0.05, 0) is 86.4 Å². The molecule has 0 radical (unpaired) electrons. The van der Waals surface area contributed by atoms with Crippen LogP contribution in [0.25, 0.3) is 0 Å². The van der Waals surface area contributed by atoms with E-state index in [0.717, 1.165) is 30.0 Å². The SMILES string of the molecule is CC(C)Oc1ccc(Nc2ncc(F)c(NC3CC(C)(C)NC(C)(C)C3)n2)cc1N(C)C(C)C. The van der Waals surface area contributed by atoms with Gasteiger partial charge in [0.15, 0.2) is 11.6 Å². The lowest BCUT2D eigenvalue weighted by atomic mass is 9.79. The Bertz CT molecular complexity index is 975. The molecule has 3 N–H and O–H groups in total. The Labute approximate surface area is 203 Å². The van der Waals surface area contributed by atoms with E-state index < -0.39 is 5.82 Å². The first-order chi connectivity index (χ1) is 15.7. The van der Waals surface area contributed by atoms with Crippen LogP contribution in [0.1, 0.15) is 68.2 Å². The molecule has 34 heavy (non-hydrogen) atoms. The van der Waals surface area contributed by atoms with Crippen molar-refractivity contribution in [3.8, 4) is 5.75 Å². The average molecular weight is 473 g/mol. The molecule has 2 heterocycles. The molecule has 8 heteroatoms. The van der Waals surface area contributed by atoms with E-state index in [-0.39, 0.29) is 29.0 Å². The van der Waals surface area contributed by atoms with E-state index in [4.69, 9.17) is 4.74 Å². The number of aromatic nitrogens is 2. The molecule has 3 rings (SSSR count). The number of nitrogens with one attached hydrogen (secondary N) is 3. The number of hydrogen-bond acceptors (Lipinski definition) is 7. The molecule has 1 aliphatic rings. The first kappa shape index (κ1) is 26.0. The van der Waals surface area contributed by atoms with Gasteiger partial charge in [0.2, 0.25) is 5.95 Å². The fourth-order valence-corrected chi connectivity index (χ4v) is 4.78. The van der Waals surface area contributed by atoms with Crippen molar-refractivity contribution in [2.75, 3.05) is 22.6 Å². The summed E-state index contributed by atoms with van der Waals surface area (Å²) in [6.45, 7) is 17.0. The largest absolute Gasteiger partial charge is 0.489 e. The molecule has 0 aliphatic carbocycles. The highest BCUT2D eigenvalue weighted by Crippen LogP contribution is 2.34. The van der Waals surface area contributed by atoms with E-state index in [1.54, 1.807) is 0 Å². The third-order valence-corrected chi connectivity index (χ3v) is 6.01. The van der Waals surface area contributed by atoms with Gasteiger partial charge in [0.05, 0.1) is 18.0 Å². The Hall–Kier alpha value is -2.61. The van der Waals surface area contributed by atoms with Gasteiger partial charge in [-0.2, -0.15) is 4.98 Å². The predicted octanol–water partition coefficient (Wildman–Crippen LogP) is 5.71. The van der Waals surface area contributed by atoms with Crippen LogP contribution in [-0.2, 0) is 0 Å². The van der Waals surface area contributed by atoms with Crippen LogP contribution in [0.3, 0.4) is 0 Å². The first-order valence-corrected chi connectivity index (χ1v) is 12.1. The monoisotopic (exact) mass is 472 g/mol. The topological polar surface area (TPSA) is 74.3 Å². The maximum atomic E-state index is 14.6. The van der Waals surface area contributed by atoms with Crippen molar-refractivity contribution in [3.63, 3.8) is 0 Å². The summed E-state index contributed by atoms with van der Waals surface area (Å²) < 4.78 is 20.6.